The minimum atomic E-state index is -0.692. The Hall–Kier alpha value is -2.29. The molecule has 4 N–H and O–H groups in total. The second-order valence-corrected chi connectivity index (χ2v) is 6.67. The summed E-state index contributed by atoms with van der Waals surface area (Å²) in [7, 11) is 1.56. The second kappa shape index (κ2) is 10.0. The maximum absolute atomic E-state index is 12.5. The average molecular weight is 398 g/mol. The number of anilines is 1. The number of benzene rings is 1. The zero-order chi connectivity index (χ0) is 18.9. The largest absolute Gasteiger partial charge is 0.487 e. The van der Waals surface area contributed by atoms with Crippen LogP contribution in [0.15, 0.2) is 35.7 Å². The highest BCUT2D eigenvalue weighted by molar-refractivity contribution is 7.10. The van der Waals surface area contributed by atoms with Crippen molar-refractivity contribution in [3.63, 3.8) is 0 Å². The van der Waals surface area contributed by atoms with E-state index in [1.165, 1.54) is 11.3 Å². The Balaban J connectivity index is 2.08. The topological polar surface area (TPSA) is 103 Å². The van der Waals surface area contributed by atoms with E-state index in [9.17, 15) is 9.59 Å². The fourth-order valence-corrected chi connectivity index (χ4v) is 3.26. The van der Waals surface area contributed by atoms with Crippen LogP contribution in [-0.4, -0.2) is 32.3 Å². The highest BCUT2D eigenvalue weighted by Crippen LogP contribution is 2.33. The Labute approximate surface area is 160 Å². The molecule has 1 aromatic carbocycles. The number of urea groups is 1. The second-order valence-electron chi connectivity index (χ2n) is 5.29. The number of hydrogen-bond acceptors (Lipinski definition) is 5. The molecule has 0 fully saturated rings. The van der Waals surface area contributed by atoms with Gasteiger partial charge >= 0.3 is 6.03 Å². The molecule has 0 aliphatic carbocycles. The molecular formula is C17H20ClN3O4S. The molecule has 0 aliphatic heterocycles. The van der Waals surface area contributed by atoms with Gasteiger partial charge in [0.1, 0.15) is 6.61 Å². The first-order valence-electron chi connectivity index (χ1n) is 7.80. The number of amides is 3. The molecule has 0 radical (unpaired) electrons. The van der Waals surface area contributed by atoms with Gasteiger partial charge < -0.3 is 25.8 Å². The molecule has 0 saturated heterocycles. The predicted molar refractivity (Wildman–Crippen MR) is 102 cm³/mol. The van der Waals surface area contributed by atoms with Gasteiger partial charge in [0.2, 0.25) is 5.91 Å². The summed E-state index contributed by atoms with van der Waals surface area (Å²) >= 11 is 7.59. The van der Waals surface area contributed by atoms with Crippen LogP contribution < -0.4 is 21.1 Å². The number of carbonyl (C=O) groups is 2. The molecule has 0 bridgehead atoms. The first-order valence-corrected chi connectivity index (χ1v) is 9.06. The van der Waals surface area contributed by atoms with Crippen molar-refractivity contribution in [2.24, 2.45) is 5.73 Å². The van der Waals surface area contributed by atoms with Crippen LogP contribution in [0.1, 0.15) is 17.3 Å². The van der Waals surface area contributed by atoms with E-state index >= 15 is 0 Å². The van der Waals surface area contributed by atoms with Crippen molar-refractivity contribution in [3.05, 3.63) is 45.6 Å². The van der Waals surface area contributed by atoms with Crippen LogP contribution in [0.3, 0.4) is 0 Å². The molecule has 9 heteroatoms. The van der Waals surface area contributed by atoms with Gasteiger partial charge in [-0.25, -0.2) is 4.79 Å². The van der Waals surface area contributed by atoms with Gasteiger partial charge in [-0.2, -0.15) is 0 Å². The summed E-state index contributed by atoms with van der Waals surface area (Å²) in [4.78, 5) is 24.5. The van der Waals surface area contributed by atoms with E-state index in [-0.39, 0.29) is 12.3 Å². The van der Waals surface area contributed by atoms with Crippen molar-refractivity contribution < 1.29 is 19.1 Å². The van der Waals surface area contributed by atoms with Gasteiger partial charge in [0.25, 0.3) is 0 Å². The van der Waals surface area contributed by atoms with Crippen molar-refractivity contribution in [1.29, 1.82) is 0 Å². The number of primary amides is 1. The van der Waals surface area contributed by atoms with Crippen LogP contribution in [0.2, 0.25) is 5.02 Å². The van der Waals surface area contributed by atoms with Crippen LogP contribution in [0.5, 0.6) is 5.75 Å². The summed E-state index contributed by atoms with van der Waals surface area (Å²) in [5.41, 5.74) is 5.66. The van der Waals surface area contributed by atoms with E-state index in [0.717, 1.165) is 4.88 Å². The summed E-state index contributed by atoms with van der Waals surface area (Å²) in [5, 5.41) is 7.59. The van der Waals surface area contributed by atoms with Gasteiger partial charge in [-0.1, -0.05) is 23.7 Å². The molecule has 0 saturated carbocycles. The van der Waals surface area contributed by atoms with Gasteiger partial charge in [0.05, 0.1) is 29.8 Å². The Kier molecular flexibility index (Phi) is 7.71. The Morgan fingerprint density at radius 1 is 1.27 bits per heavy atom. The number of thiophene rings is 1. The quantitative estimate of drug-likeness (QED) is 0.565. The molecule has 3 amide bonds. The third kappa shape index (κ3) is 5.91. The molecule has 1 heterocycles. The molecule has 7 nitrogen and oxygen atoms in total. The highest BCUT2D eigenvalue weighted by Gasteiger charge is 2.20. The summed E-state index contributed by atoms with van der Waals surface area (Å²) in [6.07, 6.45) is 0.0213. The Bertz CT molecular complexity index is 740. The van der Waals surface area contributed by atoms with Crippen molar-refractivity contribution in [2.45, 2.75) is 12.5 Å². The van der Waals surface area contributed by atoms with Crippen molar-refractivity contribution in [1.82, 2.24) is 5.32 Å². The van der Waals surface area contributed by atoms with Gasteiger partial charge in [0, 0.05) is 12.0 Å². The fourth-order valence-electron chi connectivity index (χ4n) is 2.25. The van der Waals surface area contributed by atoms with Gasteiger partial charge in [-0.15, -0.1) is 11.3 Å². The van der Waals surface area contributed by atoms with E-state index in [1.807, 2.05) is 17.5 Å². The molecule has 1 atom stereocenters. The fraction of sp³-hybridized carbons (Fsp3) is 0.294. The van der Waals surface area contributed by atoms with Crippen molar-refractivity contribution in [2.75, 3.05) is 25.6 Å². The van der Waals surface area contributed by atoms with E-state index < -0.39 is 12.1 Å². The van der Waals surface area contributed by atoms with Crippen LogP contribution in [0.4, 0.5) is 10.5 Å². The molecule has 2 rings (SSSR count). The maximum Gasteiger partial charge on any atom is 0.312 e. The lowest BCUT2D eigenvalue weighted by Crippen LogP contribution is -2.34. The number of para-hydroxylation sites is 1. The molecular weight excluding hydrogens is 378 g/mol. The summed E-state index contributed by atoms with van der Waals surface area (Å²) in [5.74, 6) is 0.0612. The third-order valence-corrected chi connectivity index (χ3v) is 4.65. The first kappa shape index (κ1) is 20.0. The van der Waals surface area contributed by atoms with Gasteiger partial charge in [0.15, 0.2) is 5.75 Å². The number of rotatable bonds is 9. The number of halogens is 1. The number of nitrogens with one attached hydrogen (secondary N) is 2. The summed E-state index contributed by atoms with van der Waals surface area (Å²) < 4.78 is 10.5. The monoisotopic (exact) mass is 397 g/mol. The van der Waals surface area contributed by atoms with Crippen LogP contribution in [-0.2, 0) is 9.53 Å². The number of hydrogen-bond donors (Lipinski definition) is 3. The molecule has 2 aromatic rings. The molecule has 26 heavy (non-hydrogen) atoms. The van der Waals surface area contributed by atoms with Crippen molar-refractivity contribution >= 4 is 40.6 Å². The Morgan fingerprint density at radius 3 is 2.73 bits per heavy atom. The van der Waals surface area contributed by atoms with Gasteiger partial charge in [-0.3, -0.25) is 4.79 Å². The minimum absolute atomic E-state index is 0.0213. The van der Waals surface area contributed by atoms with Crippen LogP contribution in [0.25, 0.3) is 0 Å². The van der Waals surface area contributed by atoms with E-state index in [2.05, 4.69) is 10.6 Å². The van der Waals surface area contributed by atoms with E-state index in [4.69, 9.17) is 26.8 Å². The van der Waals surface area contributed by atoms with E-state index in [1.54, 1.807) is 25.3 Å². The zero-order valence-electron chi connectivity index (χ0n) is 14.2. The van der Waals surface area contributed by atoms with Gasteiger partial charge in [-0.05, 0) is 23.6 Å². The third-order valence-electron chi connectivity index (χ3n) is 3.37. The normalized spacial score (nSPS) is 11.6. The van der Waals surface area contributed by atoms with Crippen LogP contribution in [0, 0.1) is 0 Å². The smallest absolute Gasteiger partial charge is 0.312 e. The lowest BCUT2D eigenvalue weighted by Gasteiger charge is -2.17. The van der Waals surface area contributed by atoms with Crippen molar-refractivity contribution in [3.8, 4) is 5.75 Å². The Morgan fingerprint density at radius 2 is 2.08 bits per heavy atom. The SMILES string of the molecule is COCCOc1c(Cl)cccc1NC(=O)CC(NC(N)=O)c1cccs1. The predicted octanol–water partition coefficient (Wildman–Crippen LogP) is 3.16. The standard InChI is InChI=1S/C17H20ClN3O4S/c1-24-7-8-25-16-11(18)4-2-5-12(16)20-15(22)10-13(21-17(19)23)14-6-3-9-26-14/h2-6,9,13H,7-8,10H2,1H3,(H,20,22)(H3,19,21,23). The molecule has 1 aromatic heterocycles. The zero-order valence-corrected chi connectivity index (χ0v) is 15.7. The molecule has 0 spiro atoms. The number of ether oxygens (including phenoxy) is 2. The van der Waals surface area contributed by atoms with Crippen LogP contribution >= 0.6 is 22.9 Å². The molecule has 140 valence electrons. The molecule has 1 unspecified atom stereocenters. The van der Waals surface area contributed by atoms with E-state index in [0.29, 0.717) is 29.7 Å². The lowest BCUT2D eigenvalue weighted by atomic mass is 10.1. The molecule has 0 aliphatic rings. The highest BCUT2D eigenvalue weighted by atomic mass is 35.5. The summed E-state index contributed by atoms with van der Waals surface area (Å²) in [6, 6.07) is 7.53. The average Bonchev–Trinajstić information content (AvgIpc) is 3.11. The minimum Gasteiger partial charge on any atom is -0.487 e. The number of methoxy groups -OCH3 is 1. The number of nitrogens with two attached hydrogens (primary N) is 1. The maximum atomic E-state index is 12.5. The first-order chi connectivity index (χ1) is 12.5. The number of carbonyl (C=O) groups excluding carboxylic acids is 2. The summed E-state index contributed by atoms with van der Waals surface area (Å²) in [6.45, 7) is 0.686. The lowest BCUT2D eigenvalue weighted by molar-refractivity contribution is -0.116.